The van der Waals surface area contributed by atoms with Crippen LogP contribution in [-0.4, -0.2) is 23.5 Å². The molecule has 0 bridgehead atoms. The highest BCUT2D eigenvalue weighted by Crippen LogP contribution is 2.08. The summed E-state index contributed by atoms with van der Waals surface area (Å²) in [5.74, 6) is -0.767. The van der Waals surface area contributed by atoms with Crippen LogP contribution in [0.1, 0.15) is 103 Å². The molecule has 0 radical (unpaired) electrons. The molecule has 0 aromatic heterocycles. The number of amides is 1. The second kappa shape index (κ2) is 20.7. The number of carbonyl (C=O) groups excluding carboxylic acids is 1. The van der Waals surface area contributed by atoms with Gasteiger partial charge in [0.25, 0.3) is 0 Å². The molecule has 0 saturated heterocycles. The SMILES string of the molecule is CCCCC/C=C\CC/C=C\CCCCCCCC(=O)NCCCC(=O)O. The fourth-order valence-electron chi connectivity index (χ4n) is 2.81. The van der Waals surface area contributed by atoms with E-state index in [9.17, 15) is 9.59 Å². The largest absolute Gasteiger partial charge is 0.481 e. The van der Waals surface area contributed by atoms with Gasteiger partial charge in [0.15, 0.2) is 0 Å². The third-order valence-electron chi connectivity index (χ3n) is 4.47. The van der Waals surface area contributed by atoms with Crippen LogP contribution in [0.25, 0.3) is 0 Å². The molecule has 0 aliphatic heterocycles. The van der Waals surface area contributed by atoms with Crippen molar-refractivity contribution in [3.63, 3.8) is 0 Å². The van der Waals surface area contributed by atoms with Crippen LogP contribution in [0.4, 0.5) is 0 Å². The van der Waals surface area contributed by atoms with Crippen molar-refractivity contribution in [2.75, 3.05) is 6.54 Å². The average Bonchev–Trinajstić information content (AvgIpc) is 2.64. The lowest BCUT2D eigenvalue weighted by molar-refractivity contribution is -0.137. The lowest BCUT2D eigenvalue weighted by atomic mass is 10.1. The Labute approximate surface area is 166 Å². The van der Waals surface area contributed by atoms with Crippen LogP contribution in [0.3, 0.4) is 0 Å². The second-order valence-electron chi connectivity index (χ2n) is 7.17. The third kappa shape index (κ3) is 22.4. The molecule has 0 aliphatic rings. The number of hydrogen-bond donors (Lipinski definition) is 2. The van der Waals surface area contributed by atoms with Gasteiger partial charge in [-0.2, -0.15) is 0 Å². The van der Waals surface area contributed by atoms with E-state index in [0.717, 1.165) is 32.1 Å². The molecule has 156 valence electrons. The maximum Gasteiger partial charge on any atom is 0.303 e. The van der Waals surface area contributed by atoms with Crippen LogP contribution in [0.5, 0.6) is 0 Å². The van der Waals surface area contributed by atoms with E-state index in [1.165, 1.54) is 44.9 Å². The summed E-state index contributed by atoms with van der Waals surface area (Å²) in [4.78, 5) is 21.9. The van der Waals surface area contributed by atoms with Gasteiger partial charge < -0.3 is 10.4 Å². The molecular weight excluding hydrogens is 338 g/mol. The number of rotatable bonds is 19. The van der Waals surface area contributed by atoms with Crippen LogP contribution in [-0.2, 0) is 9.59 Å². The maximum absolute atomic E-state index is 11.6. The number of carbonyl (C=O) groups is 2. The molecule has 0 heterocycles. The Balaban J connectivity index is 3.28. The van der Waals surface area contributed by atoms with Crippen molar-refractivity contribution in [2.24, 2.45) is 0 Å². The zero-order valence-electron chi connectivity index (χ0n) is 17.4. The Kier molecular flexibility index (Phi) is 19.5. The summed E-state index contributed by atoms with van der Waals surface area (Å²) >= 11 is 0. The molecule has 0 atom stereocenters. The molecule has 0 aromatic carbocycles. The minimum absolute atomic E-state index is 0.0442. The molecule has 0 rings (SSSR count). The first-order chi connectivity index (χ1) is 13.2. The quantitative estimate of drug-likeness (QED) is 0.208. The molecule has 0 unspecified atom stereocenters. The van der Waals surface area contributed by atoms with E-state index in [-0.39, 0.29) is 12.3 Å². The number of unbranched alkanes of at least 4 members (excludes halogenated alkanes) is 9. The molecule has 4 nitrogen and oxygen atoms in total. The summed E-state index contributed by atoms with van der Waals surface area (Å²) in [5.41, 5.74) is 0. The van der Waals surface area contributed by atoms with E-state index in [1.54, 1.807) is 0 Å². The number of carboxylic acids is 1. The average molecular weight is 380 g/mol. The highest BCUT2D eigenvalue weighted by Gasteiger charge is 2.01. The van der Waals surface area contributed by atoms with E-state index in [4.69, 9.17) is 5.11 Å². The summed E-state index contributed by atoms with van der Waals surface area (Å²) in [6.45, 7) is 2.70. The van der Waals surface area contributed by atoms with E-state index in [1.807, 2.05) is 0 Å². The van der Waals surface area contributed by atoms with Crippen molar-refractivity contribution >= 4 is 11.9 Å². The van der Waals surface area contributed by atoms with Crippen LogP contribution in [0, 0.1) is 0 Å². The number of allylic oxidation sites excluding steroid dienone is 4. The van der Waals surface area contributed by atoms with Gasteiger partial charge in [-0.1, -0.05) is 63.3 Å². The van der Waals surface area contributed by atoms with Gasteiger partial charge in [-0.15, -0.1) is 0 Å². The smallest absolute Gasteiger partial charge is 0.303 e. The molecule has 1 amide bonds. The first kappa shape index (κ1) is 25.4. The van der Waals surface area contributed by atoms with Gasteiger partial charge in [-0.3, -0.25) is 9.59 Å². The summed E-state index contributed by atoms with van der Waals surface area (Å²) in [7, 11) is 0. The van der Waals surface area contributed by atoms with E-state index < -0.39 is 5.97 Å². The molecule has 0 fully saturated rings. The third-order valence-corrected chi connectivity index (χ3v) is 4.47. The predicted molar refractivity (Wildman–Crippen MR) is 114 cm³/mol. The number of nitrogens with one attached hydrogen (secondary N) is 1. The molecular formula is C23H41NO3. The molecule has 0 spiro atoms. The monoisotopic (exact) mass is 379 g/mol. The van der Waals surface area contributed by atoms with E-state index in [0.29, 0.717) is 19.4 Å². The molecule has 2 N–H and O–H groups in total. The summed E-state index contributed by atoms with van der Waals surface area (Å²) in [6.07, 6.45) is 24.7. The molecule has 0 aliphatic carbocycles. The zero-order chi connectivity index (χ0) is 20.0. The molecule has 4 heteroatoms. The molecule has 0 aromatic rings. The van der Waals surface area contributed by atoms with Gasteiger partial charge in [0, 0.05) is 19.4 Å². The van der Waals surface area contributed by atoms with Gasteiger partial charge in [-0.25, -0.2) is 0 Å². The fourth-order valence-corrected chi connectivity index (χ4v) is 2.81. The van der Waals surface area contributed by atoms with Crippen molar-refractivity contribution in [2.45, 2.75) is 103 Å². The fraction of sp³-hybridized carbons (Fsp3) is 0.739. The van der Waals surface area contributed by atoms with Crippen molar-refractivity contribution in [1.82, 2.24) is 5.32 Å². The molecule has 27 heavy (non-hydrogen) atoms. The first-order valence-corrected chi connectivity index (χ1v) is 10.9. The minimum atomic E-state index is -0.811. The Bertz CT molecular complexity index is 416. The van der Waals surface area contributed by atoms with Gasteiger partial charge in [0.1, 0.15) is 0 Å². The number of hydrogen-bond acceptors (Lipinski definition) is 2. The number of aliphatic carboxylic acids is 1. The van der Waals surface area contributed by atoms with Crippen LogP contribution >= 0.6 is 0 Å². The Morgan fingerprint density at radius 2 is 1.26 bits per heavy atom. The summed E-state index contributed by atoms with van der Waals surface area (Å²) in [5, 5.41) is 11.3. The normalized spacial score (nSPS) is 11.4. The standard InChI is InChI=1S/C23H41NO3/c1-2-3-4-5-6-7-8-9-10-11-12-13-14-15-16-17-19-22(25)24-21-18-20-23(26)27/h6-7,10-11H,2-5,8-9,12-21H2,1H3,(H,24,25)(H,26,27)/b7-6-,11-10-. The number of carboxylic acid groups (broad SMARTS) is 1. The lowest BCUT2D eigenvalue weighted by Gasteiger charge is -2.04. The van der Waals surface area contributed by atoms with Crippen LogP contribution in [0.2, 0.25) is 0 Å². The predicted octanol–water partition coefficient (Wildman–Crippen LogP) is 6.17. The van der Waals surface area contributed by atoms with Crippen LogP contribution < -0.4 is 5.32 Å². The second-order valence-corrected chi connectivity index (χ2v) is 7.17. The van der Waals surface area contributed by atoms with Gasteiger partial charge in [0.05, 0.1) is 0 Å². The minimum Gasteiger partial charge on any atom is -0.481 e. The lowest BCUT2D eigenvalue weighted by Crippen LogP contribution is -2.24. The van der Waals surface area contributed by atoms with Gasteiger partial charge in [0.2, 0.25) is 5.91 Å². The maximum atomic E-state index is 11.6. The Hall–Kier alpha value is -1.58. The Morgan fingerprint density at radius 1 is 0.704 bits per heavy atom. The van der Waals surface area contributed by atoms with Crippen LogP contribution in [0.15, 0.2) is 24.3 Å². The van der Waals surface area contributed by atoms with Gasteiger partial charge in [-0.05, 0) is 51.4 Å². The Morgan fingerprint density at radius 3 is 1.89 bits per heavy atom. The van der Waals surface area contributed by atoms with E-state index >= 15 is 0 Å². The highest BCUT2D eigenvalue weighted by atomic mass is 16.4. The summed E-state index contributed by atoms with van der Waals surface area (Å²) in [6, 6.07) is 0. The summed E-state index contributed by atoms with van der Waals surface area (Å²) < 4.78 is 0. The van der Waals surface area contributed by atoms with Crippen molar-refractivity contribution < 1.29 is 14.7 Å². The van der Waals surface area contributed by atoms with Crippen molar-refractivity contribution in [3.8, 4) is 0 Å². The van der Waals surface area contributed by atoms with Gasteiger partial charge >= 0.3 is 5.97 Å². The topological polar surface area (TPSA) is 66.4 Å². The first-order valence-electron chi connectivity index (χ1n) is 10.9. The van der Waals surface area contributed by atoms with Crippen molar-refractivity contribution in [1.29, 1.82) is 0 Å². The van der Waals surface area contributed by atoms with E-state index in [2.05, 4.69) is 36.5 Å². The molecule has 0 saturated carbocycles. The van der Waals surface area contributed by atoms with Crippen molar-refractivity contribution in [3.05, 3.63) is 24.3 Å². The highest BCUT2D eigenvalue weighted by molar-refractivity contribution is 5.75. The zero-order valence-corrected chi connectivity index (χ0v) is 17.4.